The third-order valence-corrected chi connectivity index (χ3v) is 8.48. The highest BCUT2D eigenvalue weighted by atomic mass is 35.5. The van der Waals surface area contributed by atoms with E-state index in [0.717, 1.165) is 32.1 Å². The largest absolute Gasteiger partial charge is 0.436 e. The number of amides is 1. The summed E-state index contributed by atoms with van der Waals surface area (Å²) in [6.45, 7) is 5.46. The summed E-state index contributed by atoms with van der Waals surface area (Å²) in [6.07, 6.45) is 4.30. The number of aryl methyl sites for hydroxylation is 1. The number of nitrogens with zero attached hydrogens (tertiary/aromatic N) is 2. The van der Waals surface area contributed by atoms with Crippen molar-refractivity contribution in [3.63, 3.8) is 0 Å². The molecule has 1 heterocycles. The van der Waals surface area contributed by atoms with Crippen LogP contribution < -0.4 is 5.32 Å². The van der Waals surface area contributed by atoms with Gasteiger partial charge in [-0.3, -0.25) is 9.48 Å². The summed E-state index contributed by atoms with van der Waals surface area (Å²) >= 11 is 6.04. The molecule has 0 radical (unpaired) electrons. The summed E-state index contributed by atoms with van der Waals surface area (Å²) in [7, 11) is 0. The summed E-state index contributed by atoms with van der Waals surface area (Å²) in [5.74, 6) is 0.857. The van der Waals surface area contributed by atoms with Crippen molar-refractivity contribution >= 4 is 17.5 Å². The van der Waals surface area contributed by atoms with E-state index < -0.39 is 11.9 Å². The number of alkyl halides is 3. The zero-order valence-electron chi connectivity index (χ0n) is 18.2. The number of carbonyl (C=O) groups excluding carboxylic acids is 1. The Hall–Kier alpha value is -1.24. The van der Waals surface area contributed by atoms with Gasteiger partial charge >= 0.3 is 6.18 Å². The van der Waals surface area contributed by atoms with Crippen molar-refractivity contribution in [2.75, 3.05) is 6.54 Å². The van der Waals surface area contributed by atoms with Gasteiger partial charge in [-0.2, -0.15) is 18.3 Å². The van der Waals surface area contributed by atoms with E-state index in [2.05, 4.69) is 24.3 Å². The molecule has 4 nitrogen and oxygen atoms in total. The predicted molar refractivity (Wildman–Crippen MR) is 112 cm³/mol. The molecule has 1 amide bonds. The first kappa shape index (κ1) is 21.6. The van der Waals surface area contributed by atoms with Gasteiger partial charge < -0.3 is 5.32 Å². The molecule has 0 saturated heterocycles. The Kier molecular flexibility index (Phi) is 4.79. The molecular weight excluding hydrogens is 427 g/mol. The van der Waals surface area contributed by atoms with Gasteiger partial charge in [-0.1, -0.05) is 25.4 Å². The maximum atomic E-state index is 13.3. The molecule has 5 saturated carbocycles. The fourth-order valence-electron chi connectivity index (χ4n) is 7.87. The lowest BCUT2D eigenvalue weighted by molar-refractivity contribution is -0.170. The van der Waals surface area contributed by atoms with Crippen LogP contribution in [0.3, 0.4) is 0 Å². The minimum atomic E-state index is -4.55. The molecular formula is C23H31ClF3N3O. The first-order valence-corrected chi connectivity index (χ1v) is 11.9. The van der Waals surface area contributed by atoms with E-state index in [4.69, 9.17) is 11.6 Å². The lowest BCUT2D eigenvalue weighted by Crippen LogP contribution is -2.59. The summed E-state index contributed by atoms with van der Waals surface area (Å²) in [5, 5.41) is 6.65. The summed E-state index contributed by atoms with van der Waals surface area (Å²) < 4.78 is 41.1. The minimum Gasteiger partial charge on any atom is -0.356 e. The van der Waals surface area contributed by atoms with Crippen LogP contribution in [0.4, 0.5) is 13.2 Å². The maximum absolute atomic E-state index is 13.3. The van der Waals surface area contributed by atoms with E-state index in [1.807, 2.05) is 0 Å². The van der Waals surface area contributed by atoms with Gasteiger partial charge in [0, 0.05) is 19.0 Å². The Morgan fingerprint density at radius 2 is 1.81 bits per heavy atom. The number of hydrogen-bond acceptors (Lipinski definition) is 2. The van der Waals surface area contributed by atoms with Crippen LogP contribution in [-0.2, 0) is 17.5 Å². The third-order valence-electron chi connectivity index (χ3n) is 8.10. The fourth-order valence-corrected chi connectivity index (χ4v) is 8.27. The zero-order valence-corrected chi connectivity index (χ0v) is 19.0. The van der Waals surface area contributed by atoms with E-state index in [-0.39, 0.29) is 33.1 Å². The molecule has 2 atom stereocenters. The van der Waals surface area contributed by atoms with Crippen molar-refractivity contribution in [2.24, 2.45) is 22.2 Å². The Bertz CT molecular complexity index is 889. The molecule has 1 N–H and O–H groups in total. The van der Waals surface area contributed by atoms with Gasteiger partial charge in [-0.15, -0.1) is 0 Å². The summed E-state index contributed by atoms with van der Waals surface area (Å²) in [6, 6.07) is 0. The highest BCUT2D eigenvalue weighted by Gasteiger charge is 2.62. The van der Waals surface area contributed by atoms with Crippen molar-refractivity contribution in [3.8, 4) is 0 Å². The van der Waals surface area contributed by atoms with Crippen LogP contribution in [0.1, 0.15) is 88.9 Å². The second-order valence-electron chi connectivity index (χ2n) is 11.6. The topological polar surface area (TPSA) is 46.9 Å². The van der Waals surface area contributed by atoms with Crippen molar-refractivity contribution in [1.82, 2.24) is 15.1 Å². The Balaban J connectivity index is 1.22. The summed E-state index contributed by atoms with van der Waals surface area (Å²) in [5.41, 5.74) is -0.215. The highest BCUT2D eigenvalue weighted by Crippen LogP contribution is 2.69. The first-order chi connectivity index (χ1) is 14.4. The molecule has 0 aromatic carbocycles. The molecule has 5 aliphatic rings. The van der Waals surface area contributed by atoms with Gasteiger partial charge in [-0.25, -0.2) is 0 Å². The normalized spacial score (nSPS) is 36.8. The number of carbonyl (C=O) groups is 1. The number of rotatable bonds is 6. The smallest absolute Gasteiger partial charge is 0.356 e. The molecule has 0 unspecified atom stereocenters. The molecule has 4 bridgehead atoms. The van der Waals surface area contributed by atoms with Crippen molar-refractivity contribution < 1.29 is 18.0 Å². The van der Waals surface area contributed by atoms with Crippen LogP contribution in [0.25, 0.3) is 0 Å². The molecule has 0 spiro atoms. The van der Waals surface area contributed by atoms with Gasteiger partial charge in [0.1, 0.15) is 0 Å². The second kappa shape index (κ2) is 6.88. The van der Waals surface area contributed by atoms with Crippen molar-refractivity contribution in [1.29, 1.82) is 0 Å². The van der Waals surface area contributed by atoms with Crippen LogP contribution in [0.5, 0.6) is 0 Å². The molecule has 1 aromatic rings. The lowest BCUT2D eigenvalue weighted by atomic mass is 9.40. The third kappa shape index (κ3) is 3.79. The highest BCUT2D eigenvalue weighted by molar-refractivity contribution is 6.32. The van der Waals surface area contributed by atoms with Gasteiger partial charge in [0.15, 0.2) is 5.69 Å². The zero-order chi connectivity index (χ0) is 22.2. The van der Waals surface area contributed by atoms with E-state index in [9.17, 15) is 18.0 Å². The quantitative estimate of drug-likeness (QED) is 0.537. The van der Waals surface area contributed by atoms with Gasteiger partial charge in [0.05, 0.1) is 16.1 Å². The number of aromatic nitrogens is 2. The first-order valence-electron chi connectivity index (χ1n) is 11.5. The maximum Gasteiger partial charge on any atom is 0.436 e. The Morgan fingerprint density at radius 1 is 1.16 bits per heavy atom. The van der Waals surface area contributed by atoms with Crippen LogP contribution in [0.15, 0.2) is 0 Å². The number of halogens is 4. The lowest BCUT2D eigenvalue weighted by Gasteiger charge is -2.64. The monoisotopic (exact) mass is 457 g/mol. The molecule has 0 aliphatic heterocycles. The average molecular weight is 458 g/mol. The van der Waals surface area contributed by atoms with Crippen molar-refractivity contribution in [3.05, 3.63) is 16.4 Å². The molecule has 5 fully saturated rings. The van der Waals surface area contributed by atoms with Crippen molar-refractivity contribution in [2.45, 2.75) is 90.3 Å². The number of nitrogens with one attached hydrogen (secondary N) is 1. The molecule has 1 aromatic heterocycles. The summed E-state index contributed by atoms with van der Waals surface area (Å²) in [4.78, 5) is 13.3. The Labute approximate surface area is 186 Å². The standard InChI is InChI=1S/C23H31ClF3N3O/c1-20-8-14-9-21(2,11-20)13-22(10-14,12-20)19(31)28-6-3-7-30-17(15-4-5-15)16(24)18(29-30)23(25,26)27/h14-15H,3-13H2,1-2H3,(H,28,31)/t14?,20-,21-,22?/m1/s1. The fraction of sp³-hybridized carbons (Fsp3) is 0.826. The van der Waals surface area contributed by atoms with Crippen LogP contribution in [0.2, 0.25) is 5.02 Å². The SMILES string of the molecule is C[C@]12CC3CC(C(=O)NCCCn4nc(C(F)(F)F)c(Cl)c4C4CC4)(C1)C[C@](C)(C3)C2. The minimum absolute atomic E-state index is 0.0687. The van der Waals surface area contributed by atoms with E-state index in [1.165, 1.54) is 23.9 Å². The molecule has 172 valence electrons. The molecule has 5 aliphatic carbocycles. The van der Waals surface area contributed by atoms with Gasteiger partial charge in [0.2, 0.25) is 5.91 Å². The van der Waals surface area contributed by atoms with E-state index >= 15 is 0 Å². The second-order valence-corrected chi connectivity index (χ2v) is 11.9. The van der Waals surface area contributed by atoms with Crippen LogP contribution in [0, 0.1) is 22.2 Å². The molecule has 31 heavy (non-hydrogen) atoms. The van der Waals surface area contributed by atoms with Gasteiger partial charge in [-0.05, 0) is 74.5 Å². The van der Waals surface area contributed by atoms with E-state index in [1.54, 1.807) is 0 Å². The van der Waals surface area contributed by atoms with E-state index in [0.29, 0.717) is 31.1 Å². The molecule has 6 rings (SSSR count). The van der Waals surface area contributed by atoms with Crippen LogP contribution >= 0.6 is 11.6 Å². The number of hydrogen-bond donors (Lipinski definition) is 1. The van der Waals surface area contributed by atoms with Gasteiger partial charge in [0.25, 0.3) is 0 Å². The predicted octanol–water partition coefficient (Wildman–Crippen LogP) is 5.94. The molecule has 8 heteroatoms. The Morgan fingerprint density at radius 3 is 2.35 bits per heavy atom. The average Bonchev–Trinajstić information content (AvgIpc) is 3.37. The van der Waals surface area contributed by atoms with Crippen LogP contribution in [-0.4, -0.2) is 22.2 Å².